The number of fused-ring (bicyclic) bond motifs is 1. The average Bonchev–Trinajstić information content (AvgIpc) is 2.58. The number of Topliss-reactive ketones (excluding diaryl/α,β-unsaturated/α-hetero) is 1. The van der Waals surface area contributed by atoms with Crippen LogP contribution in [0.1, 0.15) is 27.9 Å². The van der Waals surface area contributed by atoms with Crippen molar-refractivity contribution in [3.63, 3.8) is 0 Å². The zero-order valence-corrected chi connectivity index (χ0v) is 8.52. The molecule has 1 aromatic rings. The van der Waals surface area contributed by atoms with Crippen LogP contribution < -0.4 is 4.74 Å². The highest BCUT2D eigenvalue weighted by atomic mass is 19.4. The van der Waals surface area contributed by atoms with Crippen LogP contribution in [-0.4, -0.2) is 12.9 Å². The van der Waals surface area contributed by atoms with Gasteiger partial charge in [-0.05, 0) is 24.1 Å². The van der Waals surface area contributed by atoms with Crippen molar-refractivity contribution >= 4 is 5.78 Å². The number of methoxy groups -OCH3 is 1. The number of halogens is 3. The summed E-state index contributed by atoms with van der Waals surface area (Å²) >= 11 is 0. The van der Waals surface area contributed by atoms with E-state index >= 15 is 0 Å². The number of rotatable bonds is 1. The Morgan fingerprint density at radius 1 is 1.25 bits per heavy atom. The Morgan fingerprint density at radius 2 is 1.94 bits per heavy atom. The normalized spacial score (nSPS) is 15.1. The summed E-state index contributed by atoms with van der Waals surface area (Å²) in [7, 11) is 1.34. The quantitative estimate of drug-likeness (QED) is 0.741. The predicted octanol–water partition coefficient (Wildman–Crippen LogP) is 2.84. The fraction of sp³-hybridized carbons (Fsp3) is 0.364. The van der Waals surface area contributed by atoms with E-state index in [0.29, 0.717) is 0 Å². The van der Waals surface area contributed by atoms with Gasteiger partial charge in [-0.3, -0.25) is 4.79 Å². The molecule has 16 heavy (non-hydrogen) atoms. The van der Waals surface area contributed by atoms with Gasteiger partial charge >= 0.3 is 6.18 Å². The highest BCUT2D eigenvalue weighted by Gasteiger charge is 2.38. The molecule has 0 radical (unpaired) electrons. The summed E-state index contributed by atoms with van der Waals surface area (Å²) in [6.45, 7) is 0. The molecule has 86 valence electrons. The molecule has 0 aliphatic heterocycles. The molecule has 1 aliphatic carbocycles. The van der Waals surface area contributed by atoms with Crippen LogP contribution in [0.3, 0.4) is 0 Å². The first-order valence-corrected chi connectivity index (χ1v) is 4.75. The Balaban J connectivity index is 2.66. The highest BCUT2D eigenvalue weighted by Crippen LogP contribution is 2.40. The molecule has 0 saturated heterocycles. The Hall–Kier alpha value is -1.52. The van der Waals surface area contributed by atoms with Crippen molar-refractivity contribution in [2.75, 3.05) is 7.11 Å². The molecular weight excluding hydrogens is 221 g/mol. The number of carbonyl (C=O) groups is 1. The molecule has 2 nitrogen and oxygen atoms in total. The maximum absolute atomic E-state index is 12.7. The second-order valence-corrected chi connectivity index (χ2v) is 3.59. The largest absolute Gasteiger partial charge is 0.496 e. The zero-order valence-electron chi connectivity index (χ0n) is 8.52. The van der Waals surface area contributed by atoms with Gasteiger partial charge in [0.2, 0.25) is 0 Å². The Morgan fingerprint density at radius 3 is 2.50 bits per heavy atom. The fourth-order valence-corrected chi connectivity index (χ4v) is 1.99. The van der Waals surface area contributed by atoms with Crippen LogP contribution in [0.5, 0.6) is 5.75 Å². The predicted molar refractivity (Wildman–Crippen MR) is 50.6 cm³/mol. The van der Waals surface area contributed by atoms with E-state index in [0.717, 1.165) is 6.07 Å². The lowest BCUT2D eigenvalue weighted by molar-refractivity contribution is -0.138. The Kier molecular flexibility index (Phi) is 2.40. The molecular formula is C11H9F3O2. The molecule has 0 aromatic heterocycles. The summed E-state index contributed by atoms with van der Waals surface area (Å²) in [6, 6.07) is 2.17. The van der Waals surface area contributed by atoms with Gasteiger partial charge in [0, 0.05) is 6.42 Å². The molecule has 0 bridgehead atoms. The van der Waals surface area contributed by atoms with Crippen molar-refractivity contribution in [2.24, 2.45) is 0 Å². The second kappa shape index (κ2) is 3.50. The van der Waals surface area contributed by atoms with Gasteiger partial charge in [-0.1, -0.05) is 0 Å². The minimum atomic E-state index is -4.42. The van der Waals surface area contributed by atoms with Crippen molar-refractivity contribution in [2.45, 2.75) is 19.0 Å². The van der Waals surface area contributed by atoms with E-state index in [9.17, 15) is 18.0 Å². The number of hydrogen-bond donors (Lipinski definition) is 0. The van der Waals surface area contributed by atoms with E-state index in [4.69, 9.17) is 4.74 Å². The number of benzene rings is 1. The number of ether oxygens (including phenoxy) is 1. The molecule has 1 aliphatic rings. The molecule has 0 heterocycles. The number of carbonyl (C=O) groups excluding carboxylic acids is 1. The molecule has 0 spiro atoms. The van der Waals surface area contributed by atoms with E-state index in [-0.39, 0.29) is 35.5 Å². The van der Waals surface area contributed by atoms with E-state index in [1.807, 2.05) is 0 Å². The third-order valence-corrected chi connectivity index (χ3v) is 2.68. The van der Waals surface area contributed by atoms with Crippen LogP contribution >= 0.6 is 0 Å². The average molecular weight is 230 g/mol. The van der Waals surface area contributed by atoms with Gasteiger partial charge in [-0.2, -0.15) is 13.2 Å². The van der Waals surface area contributed by atoms with E-state index in [1.165, 1.54) is 13.2 Å². The number of alkyl halides is 3. The maximum Gasteiger partial charge on any atom is 0.416 e. The lowest BCUT2D eigenvalue weighted by atomic mass is 10.0. The standard InChI is InChI=1S/C11H9F3O2/c1-16-9-5-3-7(11(12,13)14)6-2-4-8(15)10(6)9/h3,5H,2,4H2,1H3. The third-order valence-electron chi connectivity index (χ3n) is 2.68. The molecule has 0 atom stereocenters. The second-order valence-electron chi connectivity index (χ2n) is 3.59. The van der Waals surface area contributed by atoms with Crippen LogP contribution in [0.25, 0.3) is 0 Å². The van der Waals surface area contributed by atoms with Crippen molar-refractivity contribution in [1.82, 2.24) is 0 Å². The first-order chi connectivity index (χ1) is 7.45. The molecule has 0 amide bonds. The smallest absolute Gasteiger partial charge is 0.416 e. The van der Waals surface area contributed by atoms with Gasteiger partial charge in [0.05, 0.1) is 18.2 Å². The molecule has 1 aromatic carbocycles. The highest BCUT2D eigenvalue weighted by molar-refractivity contribution is 6.03. The van der Waals surface area contributed by atoms with Crippen LogP contribution in [0, 0.1) is 0 Å². The summed E-state index contributed by atoms with van der Waals surface area (Å²) in [4.78, 5) is 11.5. The molecule has 0 saturated carbocycles. The van der Waals surface area contributed by atoms with Crippen molar-refractivity contribution < 1.29 is 22.7 Å². The Bertz CT molecular complexity index is 449. The Labute approximate surface area is 90.0 Å². The monoisotopic (exact) mass is 230 g/mol. The molecule has 0 unspecified atom stereocenters. The van der Waals surface area contributed by atoms with Gasteiger partial charge in [0.15, 0.2) is 5.78 Å². The number of ketones is 1. The molecule has 5 heteroatoms. The zero-order chi connectivity index (χ0) is 11.9. The van der Waals surface area contributed by atoms with E-state index < -0.39 is 11.7 Å². The summed E-state index contributed by atoms with van der Waals surface area (Å²) < 4.78 is 42.9. The first-order valence-electron chi connectivity index (χ1n) is 4.75. The summed E-state index contributed by atoms with van der Waals surface area (Å²) in [5, 5.41) is 0. The van der Waals surface area contributed by atoms with E-state index in [2.05, 4.69) is 0 Å². The summed E-state index contributed by atoms with van der Waals surface area (Å²) in [6.07, 6.45) is -4.15. The maximum atomic E-state index is 12.7. The third kappa shape index (κ3) is 1.56. The molecule has 0 fully saturated rings. The fourth-order valence-electron chi connectivity index (χ4n) is 1.99. The van der Waals surface area contributed by atoms with Gasteiger partial charge in [0.25, 0.3) is 0 Å². The van der Waals surface area contributed by atoms with Crippen molar-refractivity contribution in [3.05, 3.63) is 28.8 Å². The summed E-state index contributed by atoms with van der Waals surface area (Å²) in [5.74, 6) is -0.0524. The minimum Gasteiger partial charge on any atom is -0.496 e. The minimum absolute atomic E-state index is 0.0665. The van der Waals surface area contributed by atoms with Gasteiger partial charge in [0.1, 0.15) is 5.75 Å². The lowest BCUT2D eigenvalue weighted by Gasteiger charge is -2.13. The van der Waals surface area contributed by atoms with Gasteiger partial charge < -0.3 is 4.74 Å². The van der Waals surface area contributed by atoms with Crippen LogP contribution in [-0.2, 0) is 12.6 Å². The lowest BCUT2D eigenvalue weighted by Crippen LogP contribution is -2.10. The number of hydrogen-bond acceptors (Lipinski definition) is 2. The van der Waals surface area contributed by atoms with E-state index in [1.54, 1.807) is 0 Å². The van der Waals surface area contributed by atoms with Gasteiger partial charge in [-0.15, -0.1) is 0 Å². The molecule has 2 rings (SSSR count). The van der Waals surface area contributed by atoms with Crippen LogP contribution in [0.2, 0.25) is 0 Å². The van der Waals surface area contributed by atoms with Crippen molar-refractivity contribution in [3.8, 4) is 5.75 Å². The molecule has 0 N–H and O–H groups in total. The van der Waals surface area contributed by atoms with Gasteiger partial charge in [-0.25, -0.2) is 0 Å². The van der Waals surface area contributed by atoms with Crippen LogP contribution in [0.15, 0.2) is 12.1 Å². The van der Waals surface area contributed by atoms with Crippen molar-refractivity contribution in [1.29, 1.82) is 0 Å². The first kappa shape index (κ1) is 11.0. The topological polar surface area (TPSA) is 26.3 Å². The SMILES string of the molecule is COc1ccc(C(F)(F)F)c2c1C(=O)CC2. The van der Waals surface area contributed by atoms with Crippen LogP contribution in [0.4, 0.5) is 13.2 Å². The summed E-state index contributed by atoms with van der Waals surface area (Å²) in [5.41, 5.74) is -0.566.